The monoisotopic (exact) mass is 272 g/mol. The number of ether oxygens (including phenoxy) is 1. The summed E-state index contributed by atoms with van der Waals surface area (Å²) in [6.07, 6.45) is 0.949. The van der Waals surface area contributed by atoms with E-state index >= 15 is 0 Å². The van der Waals surface area contributed by atoms with Crippen molar-refractivity contribution in [3.8, 4) is 5.88 Å². The summed E-state index contributed by atoms with van der Waals surface area (Å²) in [5.74, 6) is 1.13. The third-order valence-electron chi connectivity index (χ3n) is 2.70. The molecule has 20 heavy (non-hydrogen) atoms. The molecule has 0 amide bonds. The number of nitrogens with one attached hydrogen (secondary N) is 1. The van der Waals surface area contributed by atoms with Crippen molar-refractivity contribution < 1.29 is 4.74 Å². The summed E-state index contributed by atoms with van der Waals surface area (Å²) in [7, 11) is 0. The SMILES string of the molecule is CCCOc1cc(C)nc(Nc2cccc(CN)c2)n1. The van der Waals surface area contributed by atoms with Crippen LogP contribution in [0.5, 0.6) is 5.88 Å². The summed E-state index contributed by atoms with van der Waals surface area (Å²) in [5.41, 5.74) is 8.48. The van der Waals surface area contributed by atoms with Gasteiger partial charge in [-0.15, -0.1) is 0 Å². The van der Waals surface area contributed by atoms with Crippen molar-refractivity contribution in [2.75, 3.05) is 11.9 Å². The van der Waals surface area contributed by atoms with Gasteiger partial charge in [-0.1, -0.05) is 19.1 Å². The largest absolute Gasteiger partial charge is 0.478 e. The van der Waals surface area contributed by atoms with E-state index in [9.17, 15) is 0 Å². The summed E-state index contributed by atoms with van der Waals surface area (Å²) in [6, 6.07) is 9.71. The minimum Gasteiger partial charge on any atom is -0.478 e. The number of hydrogen-bond donors (Lipinski definition) is 2. The first-order valence-electron chi connectivity index (χ1n) is 6.75. The molecule has 1 aromatic heterocycles. The molecule has 0 aliphatic heterocycles. The molecule has 2 aromatic rings. The van der Waals surface area contributed by atoms with Gasteiger partial charge in [0.05, 0.1) is 6.61 Å². The minimum atomic E-state index is 0.509. The molecule has 0 spiro atoms. The van der Waals surface area contributed by atoms with Crippen LogP contribution in [0.3, 0.4) is 0 Å². The predicted octanol–water partition coefficient (Wildman–Crippen LogP) is 2.78. The number of hydrogen-bond acceptors (Lipinski definition) is 5. The van der Waals surface area contributed by atoms with Crippen molar-refractivity contribution >= 4 is 11.6 Å². The van der Waals surface area contributed by atoms with E-state index in [4.69, 9.17) is 10.5 Å². The maximum absolute atomic E-state index is 5.64. The van der Waals surface area contributed by atoms with Crippen LogP contribution in [-0.4, -0.2) is 16.6 Å². The molecule has 0 aliphatic carbocycles. The Morgan fingerprint density at radius 1 is 1.25 bits per heavy atom. The molecule has 5 heteroatoms. The molecule has 0 saturated carbocycles. The predicted molar refractivity (Wildman–Crippen MR) is 80.2 cm³/mol. The number of anilines is 2. The molecular weight excluding hydrogens is 252 g/mol. The standard InChI is InChI=1S/C15H20N4O/c1-3-7-20-14-8-11(2)17-15(19-14)18-13-6-4-5-12(9-13)10-16/h4-6,8-9H,3,7,10,16H2,1-2H3,(H,17,18,19). The average Bonchev–Trinajstić information content (AvgIpc) is 2.44. The molecule has 3 N–H and O–H groups in total. The van der Waals surface area contributed by atoms with Crippen LogP contribution in [0.4, 0.5) is 11.6 Å². The lowest BCUT2D eigenvalue weighted by atomic mass is 10.2. The Balaban J connectivity index is 2.17. The van der Waals surface area contributed by atoms with Crippen molar-refractivity contribution in [3.05, 3.63) is 41.6 Å². The molecule has 0 fully saturated rings. The van der Waals surface area contributed by atoms with Crippen LogP contribution in [0.1, 0.15) is 24.6 Å². The van der Waals surface area contributed by atoms with Crippen LogP contribution in [0.2, 0.25) is 0 Å². The Labute approximate surface area is 119 Å². The number of aromatic nitrogens is 2. The van der Waals surface area contributed by atoms with E-state index in [0.717, 1.165) is 23.4 Å². The fraction of sp³-hybridized carbons (Fsp3) is 0.333. The second-order valence-corrected chi connectivity index (χ2v) is 4.55. The Morgan fingerprint density at radius 2 is 2.10 bits per heavy atom. The molecule has 2 rings (SSSR count). The molecule has 0 unspecified atom stereocenters. The fourth-order valence-electron chi connectivity index (χ4n) is 1.78. The number of rotatable bonds is 6. The summed E-state index contributed by atoms with van der Waals surface area (Å²) in [4.78, 5) is 8.71. The zero-order chi connectivity index (χ0) is 14.4. The highest BCUT2D eigenvalue weighted by atomic mass is 16.5. The van der Waals surface area contributed by atoms with E-state index in [0.29, 0.717) is 25.0 Å². The molecule has 5 nitrogen and oxygen atoms in total. The third-order valence-corrected chi connectivity index (χ3v) is 2.70. The van der Waals surface area contributed by atoms with Gasteiger partial charge in [0.25, 0.3) is 0 Å². The van der Waals surface area contributed by atoms with Gasteiger partial charge in [-0.25, -0.2) is 4.98 Å². The lowest BCUT2D eigenvalue weighted by Crippen LogP contribution is -2.04. The van der Waals surface area contributed by atoms with Crippen LogP contribution in [-0.2, 0) is 6.54 Å². The summed E-state index contributed by atoms with van der Waals surface area (Å²) in [5, 5.41) is 3.18. The fourth-order valence-corrected chi connectivity index (χ4v) is 1.78. The topological polar surface area (TPSA) is 73.1 Å². The summed E-state index contributed by atoms with van der Waals surface area (Å²) in [6.45, 7) is 5.14. The molecule has 106 valence electrons. The van der Waals surface area contributed by atoms with Crippen molar-refractivity contribution in [2.45, 2.75) is 26.8 Å². The Bertz CT molecular complexity index is 572. The first kappa shape index (κ1) is 14.3. The van der Waals surface area contributed by atoms with Gasteiger partial charge in [0.1, 0.15) is 0 Å². The van der Waals surface area contributed by atoms with Crippen LogP contribution < -0.4 is 15.8 Å². The van der Waals surface area contributed by atoms with Crippen LogP contribution in [0.15, 0.2) is 30.3 Å². The third kappa shape index (κ3) is 3.93. The van der Waals surface area contributed by atoms with Gasteiger partial charge >= 0.3 is 0 Å². The molecular formula is C15H20N4O. The Hall–Kier alpha value is -2.14. The smallest absolute Gasteiger partial charge is 0.230 e. The molecule has 0 atom stereocenters. The number of nitrogens with two attached hydrogens (primary N) is 1. The van der Waals surface area contributed by atoms with E-state index in [1.165, 1.54) is 0 Å². The maximum atomic E-state index is 5.64. The van der Waals surface area contributed by atoms with Crippen molar-refractivity contribution in [1.29, 1.82) is 0 Å². The highest BCUT2D eigenvalue weighted by Gasteiger charge is 2.04. The molecule has 1 heterocycles. The summed E-state index contributed by atoms with van der Waals surface area (Å²) < 4.78 is 5.55. The molecule has 0 radical (unpaired) electrons. The van der Waals surface area contributed by atoms with Gasteiger partial charge in [-0.2, -0.15) is 4.98 Å². The number of aryl methyl sites for hydroxylation is 1. The lowest BCUT2D eigenvalue weighted by molar-refractivity contribution is 0.305. The second kappa shape index (κ2) is 6.86. The quantitative estimate of drug-likeness (QED) is 0.846. The number of benzene rings is 1. The normalized spacial score (nSPS) is 10.3. The molecule has 0 aliphatic rings. The van der Waals surface area contributed by atoms with Gasteiger partial charge in [0.2, 0.25) is 11.8 Å². The maximum Gasteiger partial charge on any atom is 0.230 e. The van der Waals surface area contributed by atoms with E-state index < -0.39 is 0 Å². The van der Waals surface area contributed by atoms with Crippen molar-refractivity contribution in [1.82, 2.24) is 9.97 Å². The van der Waals surface area contributed by atoms with E-state index in [1.807, 2.05) is 37.3 Å². The second-order valence-electron chi connectivity index (χ2n) is 4.55. The Morgan fingerprint density at radius 3 is 2.85 bits per heavy atom. The van der Waals surface area contributed by atoms with Gasteiger partial charge in [-0.3, -0.25) is 0 Å². The lowest BCUT2D eigenvalue weighted by Gasteiger charge is -2.09. The van der Waals surface area contributed by atoms with Gasteiger partial charge in [-0.05, 0) is 31.0 Å². The average molecular weight is 272 g/mol. The van der Waals surface area contributed by atoms with Crippen LogP contribution in [0.25, 0.3) is 0 Å². The summed E-state index contributed by atoms with van der Waals surface area (Å²) >= 11 is 0. The van der Waals surface area contributed by atoms with E-state index in [1.54, 1.807) is 0 Å². The van der Waals surface area contributed by atoms with Gasteiger partial charge < -0.3 is 15.8 Å². The van der Waals surface area contributed by atoms with Gasteiger partial charge in [0.15, 0.2) is 0 Å². The van der Waals surface area contributed by atoms with Crippen LogP contribution >= 0.6 is 0 Å². The highest BCUT2D eigenvalue weighted by molar-refractivity contribution is 5.54. The molecule has 0 saturated heterocycles. The van der Waals surface area contributed by atoms with E-state index in [-0.39, 0.29) is 0 Å². The highest BCUT2D eigenvalue weighted by Crippen LogP contribution is 2.18. The number of nitrogens with zero attached hydrogens (tertiary/aromatic N) is 2. The zero-order valence-corrected chi connectivity index (χ0v) is 11.9. The Kier molecular flexibility index (Phi) is 4.90. The van der Waals surface area contributed by atoms with Crippen molar-refractivity contribution in [2.24, 2.45) is 5.73 Å². The van der Waals surface area contributed by atoms with Crippen LogP contribution in [0, 0.1) is 6.92 Å². The first-order valence-corrected chi connectivity index (χ1v) is 6.75. The molecule has 1 aromatic carbocycles. The van der Waals surface area contributed by atoms with Crippen molar-refractivity contribution in [3.63, 3.8) is 0 Å². The van der Waals surface area contributed by atoms with E-state index in [2.05, 4.69) is 22.2 Å². The van der Waals surface area contributed by atoms with Gasteiger partial charge in [0, 0.05) is 24.0 Å². The zero-order valence-electron chi connectivity index (χ0n) is 11.9. The molecule has 0 bridgehead atoms. The first-order chi connectivity index (χ1) is 9.71. The minimum absolute atomic E-state index is 0.509.